The molecule has 0 spiro atoms. The molecule has 0 saturated carbocycles. The van der Waals surface area contributed by atoms with E-state index < -0.39 is 5.97 Å². The van der Waals surface area contributed by atoms with Gasteiger partial charge in [0.05, 0.1) is 29.9 Å². The Morgan fingerprint density at radius 1 is 1.41 bits per heavy atom. The summed E-state index contributed by atoms with van der Waals surface area (Å²) in [5.74, 6) is -0.447. The van der Waals surface area contributed by atoms with Gasteiger partial charge in [-0.15, -0.1) is 0 Å². The Bertz CT molecular complexity index is 495. The lowest BCUT2D eigenvalue weighted by atomic mass is 10.0. The quantitative estimate of drug-likeness (QED) is 0.740. The monoisotopic (exact) mass is 228 g/mol. The molecular weight excluding hydrogens is 216 g/mol. The molecule has 0 radical (unpaired) electrons. The highest BCUT2D eigenvalue weighted by atomic mass is 16.5. The zero-order valence-corrected chi connectivity index (χ0v) is 9.56. The average molecular weight is 228 g/mol. The van der Waals surface area contributed by atoms with E-state index >= 15 is 0 Å². The lowest BCUT2D eigenvalue weighted by Crippen LogP contribution is -2.08. The minimum atomic E-state index is -0.447. The van der Waals surface area contributed by atoms with E-state index in [4.69, 9.17) is 15.3 Å². The molecule has 0 aliphatic rings. The molecule has 0 heterocycles. The van der Waals surface area contributed by atoms with Crippen molar-refractivity contribution in [2.45, 2.75) is 19.8 Å². The van der Waals surface area contributed by atoms with Crippen molar-refractivity contribution in [2.75, 3.05) is 6.61 Å². The minimum absolute atomic E-state index is 0.285. The van der Waals surface area contributed by atoms with E-state index in [1.165, 1.54) is 6.07 Å². The van der Waals surface area contributed by atoms with Gasteiger partial charge in [0, 0.05) is 6.42 Å². The Kier molecular flexibility index (Phi) is 4.72. The molecule has 1 rings (SSSR count). The lowest BCUT2D eigenvalue weighted by molar-refractivity contribution is 0.0525. The molecule has 0 atom stereocenters. The smallest absolute Gasteiger partial charge is 0.338 e. The van der Waals surface area contributed by atoms with Crippen LogP contribution in [0.4, 0.5) is 0 Å². The predicted molar refractivity (Wildman–Crippen MR) is 61.0 cm³/mol. The first kappa shape index (κ1) is 12.7. The number of hydrogen-bond acceptors (Lipinski definition) is 4. The van der Waals surface area contributed by atoms with Gasteiger partial charge in [-0.3, -0.25) is 0 Å². The maximum atomic E-state index is 11.7. The lowest BCUT2D eigenvalue weighted by Gasteiger charge is -2.07. The van der Waals surface area contributed by atoms with Crippen molar-refractivity contribution in [3.05, 3.63) is 34.9 Å². The summed E-state index contributed by atoms with van der Waals surface area (Å²) in [7, 11) is 0. The minimum Gasteiger partial charge on any atom is -0.462 e. The third-order valence-electron chi connectivity index (χ3n) is 2.24. The fourth-order valence-electron chi connectivity index (χ4n) is 1.45. The van der Waals surface area contributed by atoms with Gasteiger partial charge in [0.2, 0.25) is 0 Å². The predicted octanol–water partition coefficient (Wildman–Crippen LogP) is 2.19. The van der Waals surface area contributed by atoms with Crippen molar-refractivity contribution in [1.29, 1.82) is 10.5 Å². The van der Waals surface area contributed by atoms with Crippen LogP contribution in [0, 0.1) is 22.7 Å². The summed E-state index contributed by atoms with van der Waals surface area (Å²) in [5, 5.41) is 17.3. The van der Waals surface area contributed by atoms with Crippen LogP contribution in [0.25, 0.3) is 0 Å². The first-order valence-corrected chi connectivity index (χ1v) is 5.30. The topological polar surface area (TPSA) is 73.9 Å². The van der Waals surface area contributed by atoms with E-state index in [1.807, 2.05) is 12.1 Å². The van der Waals surface area contributed by atoms with Gasteiger partial charge in [-0.2, -0.15) is 10.5 Å². The fourth-order valence-corrected chi connectivity index (χ4v) is 1.45. The Morgan fingerprint density at radius 2 is 2.18 bits per heavy atom. The number of benzene rings is 1. The van der Waals surface area contributed by atoms with Crippen LogP contribution < -0.4 is 0 Å². The van der Waals surface area contributed by atoms with Crippen LogP contribution in [-0.2, 0) is 11.2 Å². The second kappa shape index (κ2) is 6.30. The van der Waals surface area contributed by atoms with Crippen LogP contribution in [0.5, 0.6) is 0 Å². The maximum Gasteiger partial charge on any atom is 0.338 e. The van der Waals surface area contributed by atoms with Gasteiger partial charge in [0.15, 0.2) is 0 Å². The SMILES string of the molecule is CCOC(=O)c1cc(C#N)ccc1CCC#N. The van der Waals surface area contributed by atoms with E-state index in [1.54, 1.807) is 19.1 Å². The van der Waals surface area contributed by atoms with Gasteiger partial charge in [-0.25, -0.2) is 4.79 Å². The van der Waals surface area contributed by atoms with Crippen molar-refractivity contribution < 1.29 is 9.53 Å². The van der Waals surface area contributed by atoms with Crippen LogP contribution in [0.3, 0.4) is 0 Å². The number of aryl methyl sites for hydroxylation is 1. The summed E-state index contributed by atoms with van der Waals surface area (Å²) in [5.41, 5.74) is 1.53. The molecule has 0 fully saturated rings. The van der Waals surface area contributed by atoms with Crippen LogP contribution in [0.15, 0.2) is 18.2 Å². The molecule has 1 aromatic rings. The van der Waals surface area contributed by atoms with Crippen LogP contribution >= 0.6 is 0 Å². The zero-order chi connectivity index (χ0) is 12.7. The van der Waals surface area contributed by atoms with Crippen molar-refractivity contribution >= 4 is 5.97 Å². The third kappa shape index (κ3) is 3.32. The molecule has 86 valence electrons. The van der Waals surface area contributed by atoms with Gasteiger partial charge in [-0.05, 0) is 31.0 Å². The number of carbonyl (C=O) groups is 1. The highest BCUT2D eigenvalue weighted by molar-refractivity contribution is 5.91. The average Bonchev–Trinajstić information content (AvgIpc) is 2.36. The molecule has 0 aromatic heterocycles. The third-order valence-corrected chi connectivity index (χ3v) is 2.24. The molecule has 0 unspecified atom stereocenters. The largest absolute Gasteiger partial charge is 0.462 e. The normalized spacial score (nSPS) is 9.12. The van der Waals surface area contributed by atoms with Gasteiger partial charge in [-0.1, -0.05) is 6.07 Å². The summed E-state index contributed by atoms with van der Waals surface area (Å²) >= 11 is 0. The standard InChI is InChI=1S/C13H12N2O2/c1-2-17-13(16)12-8-10(9-15)5-6-11(12)4-3-7-14/h5-6,8H,2-4H2,1H3. The van der Waals surface area contributed by atoms with Crippen LogP contribution in [0.2, 0.25) is 0 Å². The summed E-state index contributed by atoms with van der Waals surface area (Å²) in [6.07, 6.45) is 0.814. The Hall–Kier alpha value is -2.33. The summed E-state index contributed by atoms with van der Waals surface area (Å²) < 4.78 is 4.92. The summed E-state index contributed by atoms with van der Waals surface area (Å²) in [4.78, 5) is 11.7. The number of nitrogens with zero attached hydrogens (tertiary/aromatic N) is 2. The summed E-state index contributed by atoms with van der Waals surface area (Å²) in [6.45, 7) is 2.01. The van der Waals surface area contributed by atoms with Gasteiger partial charge >= 0.3 is 5.97 Å². The fraction of sp³-hybridized carbons (Fsp3) is 0.308. The second-order valence-electron chi connectivity index (χ2n) is 3.36. The maximum absolute atomic E-state index is 11.7. The van der Waals surface area contributed by atoms with Crippen molar-refractivity contribution in [3.63, 3.8) is 0 Å². The van der Waals surface area contributed by atoms with Gasteiger partial charge < -0.3 is 4.74 Å². The van der Waals surface area contributed by atoms with Crippen molar-refractivity contribution in [1.82, 2.24) is 0 Å². The first-order chi connectivity index (χ1) is 8.22. The van der Waals surface area contributed by atoms with Crippen LogP contribution in [0.1, 0.15) is 34.8 Å². The van der Waals surface area contributed by atoms with Crippen molar-refractivity contribution in [3.8, 4) is 12.1 Å². The Balaban J connectivity index is 3.08. The molecule has 0 saturated heterocycles. The molecule has 4 heteroatoms. The highest BCUT2D eigenvalue weighted by Gasteiger charge is 2.13. The molecule has 0 amide bonds. The number of nitriles is 2. The Morgan fingerprint density at radius 3 is 2.76 bits per heavy atom. The summed E-state index contributed by atoms with van der Waals surface area (Å²) in [6, 6.07) is 8.84. The van der Waals surface area contributed by atoms with Gasteiger partial charge in [0.25, 0.3) is 0 Å². The van der Waals surface area contributed by atoms with E-state index in [-0.39, 0.29) is 6.61 Å². The van der Waals surface area contributed by atoms with E-state index in [2.05, 4.69) is 0 Å². The molecule has 0 bridgehead atoms. The molecule has 4 nitrogen and oxygen atoms in total. The number of carbonyl (C=O) groups excluding carboxylic acids is 1. The highest BCUT2D eigenvalue weighted by Crippen LogP contribution is 2.15. The Labute approximate surface area is 100 Å². The number of hydrogen-bond donors (Lipinski definition) is 0. The molecule has 0 aliphatic heterocycles. The van der Waals surface area contributed by atoms with Gasteiger partial charge in [0.1, 0.15) is 0 Å². The molecule has 17 heavy (non-hydrogen) atoms. The van der Waals surface area contributed by atoms with E-state index in [0.717, 1.165) is 5.56 Å². The molecular formula is C13H12N2O2. The second-order valence-corrected chi connectivity index (χ2v) is 3.36. The molecule has 1 aromatic carbocycles. The van der Waals surface area contributed by atoms with Crippen molar-refractivity contribution in [2.24, 2.45) is 0 Å². The number of ether oxygens (including phenoxy) is 1. The first-order valence-electron chi connectivity index (χ1n) is 5.30. The molecule has 0 N–H and O–H groups in total. The molecule has 0 aliphatic carbocycles. The van der Waals surface area contributed by atoms with Crippen LogP contribution in [-0.4, -0.2) is 12.6 Å². The van der Waals surface area contributed by atoms with E-state index in [0.29, 0.717) is 24.0 Å². The number of rotatable bonds is 4. The number of esters is 1. The van der Waals surface area contributed by atoms with E-state index in [9.17, 15) is 4.79 Å². The zero-order valence-electron chi connectivity index (χ0n) is 9.56.